The van der Waals surface area contributed by atoms with Crippen LogP contribution < -0.4 is 10.1 Å². The first-order valence-corrected chi connectivity index (χ1v) is 7.63. The molecule has 2 heterocycles. The number of likely N-dealkylation sites (tertiary alicyclic amines) is 1. The molecule has 1 aliphatic heterocycles. The van der Waals surface area contributed by atoms with Gasteiger partial charge in [-0.15, -0.1) is 0 Å². The van der Waals surface area contributed by atoms with Gasteiger partial charge in [-0.05, 0) is 51.9 Å². The Labute approximate surface area is 122 Å². The average molecular weight is 277 g/mol. The molecule has 0 saturated carbocycles. The maximum Gasteiger partial charge on any atom is 0.218 e. The Bertz CT molecular complexity index is 440. The second kappa shape index (κ2) is 7.04. The number of hydrogen-bond acceptors (Lipinski definition) is 4. The zero-order chi connectivity index (χ0) is 14.5. The molecule has 0 atom stereocenters. The number of aryl methyl sites for hydroxylation is 2. The van der Waals surface area contributed by atoms with E-state index in [1.165, 1.54) is 11.1 Å². The largest absolute Gasteiger partial charge is 0.474 e. The summed E-state index contributed by atoms with van der Waals surface area (Å²) in [5, 5.41) is 3.38. The molecule has 0 aromatic carbocycles. The van der Waals surface area contributed by atoms with Crippen LogP contribution in [0.4, 0.5) is 0 Å². The van der Waals surface area contributed by atoms with E-state index >= 15 is 0 Å². The van der Waals surface area contributed by atoms with E-state index in [9.17, 15) is 0 Å². The SMILES string of the molecule is CCNCc1c(C)cc(C)nc1OC1CCN(C)CC1. The average Bonchev–Trinajstić information content (AvgIpc) is 2.40. The minimum absolute atomic E-state index is 0.306. The number of rotatable bonds is 5. The maximum absolute atomic E-state index is 6.22. The Balaban J connectivity index is 2.12. The van der Waals surface area contributed by atoms with Gasteiger partial charge in [0.1, 0.15) is 6.10 Å². The minimum Gasteiger partial charge on any atom is -0.474 e. The van der Waals surface area contributed by atoms with Crippen molar-refractivity contribution in [1.82, 2.24) is 15.2 Å². The number of pyridine rings is 1. The molecular weight excluding hydrogens is 250 g/mol. The molecule has 1 saturated heterocycles. The van der Waals surface area contributed by atoms with Gasteiger partial charge < -0.3 is 15.0 Å². The standard InChI is InChI=1S/C16H27N3O/c1-5-17-11-15-12(2)10-13(3)18-16(15)20-14-6-8-19(4)9-7-14/h10,14,17H,5-9,11H2,1-4H3. The van der Waals surface area contributed by atoms with Gasteiger partial charge in [0.2, 0.25) is 5.88 Å². The molecule has 4 nitrogen and oxygen atoms in total. The van der Waals surface area contributed by atoms with E-state index in [4.69, 9.17) is 4.74 Å². The van der Waals surface area contributed by atoms with Crippen molar-refractivity contribution in [2.75, 3.05) is 26.7 Å². The highest BCUT2D eigenvalue weighted by molar-refractivity contribution is 5.36. The Morgan fingerprint density at radius 2 is 2.05 bits per heavy atom. The Kier molecular flexibility index (Phi) is 5.38. The van der Waals surface area contributed by atoms with Crippen LogP contribution in [-0.2, 0) is 6.54 Å². The summed E-state index contributed by atoms with van der Waals surface area (Å²) in [5.74, 6) is 0.831. The van der Waals surface area contributed by atoms with Crippen LogP contribution in [0.25, 0.3) is 0 Å². The zero-order valence-corrected chi connectivity index (χ0v) is 13.2. The van der Waals surface area contributed by atoms with E-state index in [0.29, 0.717) is 6.10 Å². The zero-order valence-electron chi connectivity index (χ0n) is 13.2. The third-order valence-corrected chi connectivity index (χ3v) is 3.93. The van der Waals surface area contributed by atoms with Gasteiger partial charge in [0, 0.05) is 30.9 Å². The Morgan fingerprint density at radius 3 is 2.70 bits per heavy atom. The van der Waals surface area contributed by atoms with E-state index < -0.39 is 0 Å². The maximum atomic E-state index is 6.22. The molecule has 0 unspecified atom stereocenters. The smallest absolute Gasteiger partial charge is 0.218 e. The van der Waals surface area contributed by atoms with E-state index in [1.54, 1.807) is 0 Å². The lowest BCUT2D eigenvalue weighted by Crippen LogP contribution is -2.36. The topological polar surface area (TPSA) is 37.4 Å². The summed E-state index contributed by atoms with van der Waals surface area (Å²) in [4.78, 5) is 6.98. The van der Waals surface area contributed by atoms with Gasteiger partial charge in [-0.2, -0.15) is 0 Å². The summed E-state index contributed by atoms with van der Waals surface area (Å²) >= 11 is 0. The van der Waals surface area contributed by atoms with E-state index in [1.807, 2.05) is 6.92 Å². The number of nitrogens with zero attached hydrogens (tertiary/aromatic N) is 2. The first-order valence-electron chi connectivity index (χ1n) is 7.63. The minimum atomic E-state index is 0.306. The number of nitrogens with one attached hydrogen (secondary N) is 1. The Hall–Kier alpha value is -1.13. The molecule has 0 amide bonds. The molecule has 20 heavy (non-hydrogen) atoms. The van der Waals surface area contributed by atoms with Crippen LogP contribution >= 0.6 is 0 Å². The summed E-state index contributed by atoms with van der Waals surface area (Å²) < 4.78 is 6.22. The quantitative estimate of drug-likeness (QED) is 0.896. The van der Waals surface area contributed by atoms with Gasteiger partial charge >= 0.3 is 0 Å². The predicted molar refractivity (Wildman–Crippen MR) is 82.2 cm³/mol. The molecule has 1 aromatic heterocycles. The van der Waals surface area contributed by atoms with Crippen LogP contribution in [-0.4, -0.2) is 42.7 Å². The van der Waals surface area contributed by atoms with Crippen molar-refractivity contribution < 1.29 is 4.74 Å². The van der Waals surface area contributed by atoms with Crippen LogP contribution in [0.15, 0.2) is 6.07 Å². The molecular formula is C16H27N3O. The third kappa shape index (κ3) is 3.93. The number of piperidine rings is 1. The van der Waals surface area contributed by atoms with Crippen molar-refractivity contribution in [3.63, 3.8) is 0 Å². The Morgan fingerprint density at radius 1 is 1.35 bits per heavy atom. The van der Waals surface area contributed by atoms with E-state index in [2.05, 4.69) is 42.2 Å². The highest BCUT2D eigenvalue weighted by Crippen LogP contribution is 2.24. The molecule has 112 valence electrons. The number of ether oxygens (including phenoxy) is 1. The summed E-state index contributed by atoms with van der Waals surface area (Å²) in [6.07, 6.45) is 2.48. The summed E-state index contributed by atoms with van der Waals surface area (Å²) in [7, 11) is 2.17. The van der Waals surface area contributed by atoms with Gasteiger partial charge in [0.15, 0.2) is 0 Å². The van der Waals surface area contributed by atoms with E-state index in [-0.39, 0.29) is 0 Å². The third-order valence-electron chi connectivity index (χ3n) is 3.93. The van der Waals surface area contributed by atoms with Crippen molar-refractivity contribution >= 4 is 0 Å². The van der Waals surface area contributed by atoms with Gasteiger partial charge in [-0.3, -0.25) is 0 Å². The van der Waals surface area contributed by atoms with Crippen LogP contribution in [0, 0.1) is 13.8 Å². The summed E-state index contributed by atoms with van der Waals surface area (Å²) in [6.45, 7) is 10.3. The second-order valence-electron chi connectivity index (χ2n) is 5.77. The second-order valence-corrected chi connectivity index (χ2v) is 5.77. The number of aromatic nitrogens is 1. The molecule has 0 spiro atoms. The van der Waals surface area contributed by atoms with Gasteiger partial charge in [-0.1, -0.05) is 6.92 Å². The van der Waals surface area contributed by atoms with Crippen molar-refractivity contribution in [2.45, 2.75) is 46.3 Å². The lowest BCUT2D eigenvalue weighted by atomic mass is 10.1. The lowest BCUT2D eigenvalue weighted by Gasteiger charge is -2.29. The first kappa shape index (κ1) is 15.3. The predicted octanol–water partition coefficient (Wildman–Crippen LogP) is 2.28. The molecule has 1 N–H and O–H groups in total. The first-order chi connectivity index (χ1) is 9.60. The molecule has 0 aliphatic carbocycles. The van der Waals surface area contributed by atoms with Crippen molar-refractivity contribution in [1.29, 1.82) is 0 Å². The monoisotopic (exact) mass is 277 g/mol. The van der Waals surface area contributed by atoms with Crippen LogP contribution in [0.5, 0.6) is 5.88 Å². The highest BCUT2D eigenvalue weighted by atomic mass is 16.5. The van der Waals surface area contributed by atoms with Gasteiger partial charge in [0.25, 0.3) is 0 Å². The molecule has 1 fully saturated rings. The van der Waals surface area contributed by atoms with Crippen LogP contribution in [0.1, 0.15) is 36.6 Å². The van der Waals surface area contributed by atoms with Crippen molar-refractivity contribution in [3.8, 4) is 5.88 Å². The van der Waals surface area contributed by atoms with Crippen molar-refractivity contribution in [2.24, 2.45) is 0 Å². The van der Waals surface area contributed by atoms with Crippen LogP contribution in [0.2, 0.25) is 0 Å². The fourth-order valence-electron chi connectivity index (χ4n) is 2.65. The van der Waals surface area contributed by atoms with Crippen LogP contribution in [0.3, 0.4) is 0 Å². The van der Waals surface area contributed by atoms with Gasteiger partial charge in [0.05, 0.1) is 0 Å². The number of hydrogen-bond donors (Lipinski definition) is 1. The normalized spacial score (nSPS) is 17.4. The van der Waals surface area contributed by atoms with Crippen molar-refractivity contribution in [3.05, 3.63) is 22.9 Å². The lowest BCUT2D eigenvalue weighted by molar-refractivity contribution is 0.108. The molecule has 1 aliphatic rings. The molecule has 2 rings (SSSR count). The summed E-state index contributed by atoms with van der Waals surface area (Å²) in [6, 6.07) is 2.13. The molecule has 0 bridgehead atoms. The fourth-order valence-corrected chi connectivity index (χ4v) is 2.65. The summed E-state index contributed by atoms with van der Waals surface area (Å²) in [5.41, 5.74) is 3.50. The van der Waals surface area contributed by atoms with Gasteiger partial charge in [-0.25, -0.2) is 4.98 Å². The molecule has 0 radical (unpaired) electrons. The highest BCUT2D eigenvalue weighted by Gasteiger charge is 2.20. The fraction of sp³-hybridized carbons (Fsp3) is 0.688. The van der Waals surface area contributed by atoms with E-state index in [0.717, 1.165) is 50.6 Å². The molecule has 4 heteroatoms. The molecule has 1 aromatic rings.